The van der Waals surface area contributed by atoms with Crippen LogP contribution in [0.1, 0.15) is 18.1 Å². The Morgan fingerprint density at radius 2 is 1.47 bits per heavy atom. The number of hydrogen-bond acceptors (Lipinski definition) is 4. The number of rotatable bonds is 8. The van der Waals surface area contributed by atoms with Crippen LogP contribution < -0.4 is 4.74 Å². The quantitative estimate of drug-likeness (QED) is 0.473. The number of ketones is 1. The molecule has 0 aliphatic heterocycles. The average Bonchev–Trinajstić information content (AvgIpc) is 2.77. The molecule has 0 saturated carbocycles. The van der Waals surface area contributed by atoms with E-state index in [4.69, 9.17) is 4.74 Å². The Balaban J connectivity index is 1.86. The average molecular weight is 419 g/mol. The van der Waals surface area contributed by atoms with Crippen molar-refractivity contribution in [1.82, 2.24) is 0 Å². The third-order valence-corrected chi connectivity index (χ3v) is 6.22. The highest BCUT2D eigenvalue weighted by molar-refractivity contribution is 7.96. The summed E-state index contributed by atoms with van der Waals surface area (Å²) in [6.45, 7) is 1.55. The van der Waals surface area contributed by atoms with Crippen molar-refractivity contribution < 1.29 is 17.9 Å². The number of Topliss-reactive ketones (excluding diaryl/α,β-unsaturated/α-hetero) is 1. The smallest absolute Gasteiger partial charge is 0.210 e. The number of para-hydroxylation sites is 1. The third kappa shape index (κ3) is 5.33. The topological polar surface area (TPSA) is 60.4 Å². The van der Waals surface area contributed by atoms with Gasteiger partial charge < -0.3 is 4.74 Å². The SMILES string of the molecule is CC(=O)C(=Cc1ccccc1OC/C=C/c1ccccc1)S(=O)(=O)c1ccccc1. The van der Waals surface area contributed by atoms with Crippen LogP contribution >= 0.6 is 0 Å². The van der Waals surface area contributed by atoms with Crippen molar-refractivity contribution in [2.75, 3.05) is 6.61 Å². The molecule has 3 rings (SSSR count). The van der Waals surface area contributed by atoms with E-state index in [2.05, 4.69) is 0 Å². The molecule has 4 nitrogen and oxygen atoms in total. The van der Waals surface area contributed by atoms with Crippen LogP contribution in [0.5, 0.6) is 5.75 Å². The minimum atomic E-state index is -3.93. The molecule has 0 bridgehead atoms. The highest BCUT2D eigenvalue weighted by Crippen LogP contribution is 2.26. The van der Waals surface area contributed by atoms with Crippen LogP contribution in [0.25, 0.3) is 12.2 Å². The predicted molar refractivity (Wildman–Crippen MR) is 120 cm³/mol. The highest BCUT2D eigenvalue weighted by atomic mass is 32.2. The van der Waals surface area contributed by atoms with Gasteiger partial charge in [0, 0.05) is 5.56 Å². The van der Waals surface area contributed by atoms with Gasteiger partial charge in [0.2, 0.25) is 9.84 Å². The Hall–Kier alpha value is -3.44. The molecule has 0 amide bonds. The van der Waals surface area contributed by atoms with Gasteiger partial charge >= 0.3 is 0 Å². The second-order valence-electron chi connectivity index (χ2n) is 6.54. The highest BCUT2D eigenvalue weighted by Gasteiger charge is 2.24. The maximum Gasteiger partial charge on any atom is 0.210 e. The summed E-state index contributed by atoms with van der Waals surface area (Å²) < 4.78 is 31.8. The third-order valence-electron chi connectivity index (χ3n) is 4.34. The molecule has 5 heteroatoms. The summed E-state index contributed by atoms with van der Waals surface area (Å²) in [5.41, 5.74) is 1.58. The van der Waals surface area contributed by atoms with Crippen molar-refractivity contribution in [3.05, 3.63) is 107 Å². The molecule has 3 aromatic carbocycles. The predicted octanol–water partition coefficient (Wildman–Crippen LogP) is 5.18. The van der Waals surface area contributed by atoms with E-state index in [1.807, 2.05) is 42.5 Å². The molecule has 0 atom stereocenters. The molecule has 0 aromatic heterocycles. The Labute approximate surface area is 177 Å². The number of carbonyl (C=O) groups excluding carboxylic acids is 1. The number of benzene rings is 3. The van der Waals surface area contributed by atoms with Crippen LogP contribution in [0.2, 0.25) is 0 Å². The Morgan fingerprint density at radius 3 is 2.13 bits per heavy atom. The minimum absolute atomic E-state index is 0.0793. The van der Waals surface area contributed by atoms with E-state index in [0.29, 0.717) is 17.9 Å². The molecule has 0 saturated heterocycles. The zero-order valence-electron chi connectivity index (χ0n) is 16.6. The maximum atomic E-state index is 13.0. The van der Waals surface area contributed by atoms with Gasteiger partial charge in [-0.15, -0.1) is 0 Å². The van der Waals surface area contributed by atoms with E-state index in [1.165, 1.54) is 25.1 Å². The fourth-order valence-corrected chi connectivity index (χ4v) is 4.28. The summed E-state index contributed by atoms with van der Waals surface area (Å²) in [5, 5.41) is 0. The number of sulfone groups is 1. The molecule has 0 spiro atoms. The molecule has 0 aliphatic rings. The van der Waals surface area contributed by atoms with E-state index in [1.54, 1.807) is 42.5 Å². The van der Waals surface area contributed by atoms with Crippen LogP contribution in [-0.4, -0.2) is 20.8 Å². The number of allylic oxidation sites excluding steroid dienone is 1. The number of carbonyl (C=O) groups is 1. The zero-order valence-corrected chi connectivity index (χ0v) is 17.4. The molecule has 0 unspecified atom stereocenters. The summed E-state index contributed by atoms with van der Waals surface area (Å²) in [6.07, 6.45) is 5.20. The first-order chi connectivity index (χ1) is 14.5. The molecular weight excluding hydrogens is 396 g/mol. The normalized spacial score (nSPS) is 12.1. The van der Waals surface area contributed by atoms with Gasteiger partial charge in [-0.25, -0.2) is 8.42 Å². The summed E-state index contributed by atoms with van der Waals surface area (Å²) in [4.78, 5) is 12.0. The summed E-state index contributed by atoms with van der Waals surface area (Å²) >= 11 is 0. The largest absolute Gasteiger partial charge is 0.489 e. The van der Waals surface area contributed by atoms with E-state index >= 15 is 0 Å². The first-order valence-corrected chi connectivity index (χ1v) is 10.9. The van der Waals surface area contributed by atoms with Crippen LogP contribution in [0, 0.1) is 0 Å². The molecule has 0 N–H and O–H groups in total. The van der Waals surface area contributed by atoms with Gasteiger partial charge in [-0.3, -0.25) is 4.79 Å². The van der Waals surface area contributed by atoms with Crippen molar-refractivity contribution in [3.8, 4) is 5.75 Å². The van der Waals surface area contributed by atoms with Crippen LogP contribution in [-0.2, 0) is 14.6 Å². The molecule has 30 heavy (non-hydrogen) atoms. The minimum Gasteiger partial charge on any atom is -0.489 e. The van der Waals surface area contributed by atoms with Crippen LogP contribution in [0.4, 0.5) is 0 Å². The Bertz CT molecular complexity index is 1160. The van der Waals surface area contributed by atoms with Gasteiger partial charge in [0.05, 0.1) is 4.90 Å². The Kier molecular flexibility index (Phi) is 6.99. The van der Waals surface area contributed by atoms with Gasteiger partial charge in [0.1, 0.15) is 17.3 Å². The van der Waals surface area contributed by atoms with Gasteiger partial charge in [-0.1, -0.05) is 72.8 Å². The van der Waals surface area contributed by atoms with Crippen LogP contribution in [0.15, 0.2) is 101 Å². The number of hydrogen-bond donors (Lipinski definition) is 0. The lowest BCUT2D eigenvalue weighted by Crippen LogP contribution is -2.11. The standard InChI is InChI=1S/C25H22O4S/c1-20(26)25(30(27,28)23-15-6-3-7-16-23)19-22-14-8-9-17-24(22)29-18-10-13-21-11-4-2-5-12-21/h2-17,19H,18H2,1H3/b13-10+,25-19?. The summed E-state index contributed by atoms with van der Waals surface area (Å²) in [7, 11) is -3.93. The van der Waals surface area contributed by atoms with Crippen molar-refractivity contribution in [2.24, 2.45) is 0 Å². The van der Waals surface area contributed by atoms with E-state index in [0.717, 1.165) is 5.56 Å². The van der Waals surface area contributed by atoms with Crippen molar-refractivity contribution in [2.45, 2.75) is 11.8 Å². The van der Waals surface area contributed by atoms with Gasteiger partial charge in [-0.2, -0.15) is 0 Å². The van der Waals surface area contributed by atoms with E-state index in [9.17, 15) is 13.2 Å². The van der Waals surface area contributed by atoms with Crippen molar-refractivity contribution in [1.29, 1.82) is 0 Å². The van der Waals surface area contributed by atoms with E-state index in [-0.39, 0.29) is 9.80 Å². The first-order valence-electron chi connectivity index (χ1n) is 9.44. The molecule has 0 radical (unpaired) electrons. The maximum absolute atomic E-state index is 13.0. The summed E-state index contributed by atoms with van der Waals surface area (Å²) in [5.74, 6) is -0.0325. The molecule has 3 aromatic rings. The molecule has 0 aliphatic carbocycles. The summed E-state index contributed by atoms with van der Waals surface area (Å²) in [6, 6.07) is 24.8. The van der Waals surface area contributed by atoms with E-state index < -0.39 is 15.6 Å². The first kappa shape index (κ1) is 21.3. The molecule has 0 fully saturated rings. The van der Waals surface area contributed by atoms with Crippen molar-refractivity contribution in [3.63, 3.8) is 0 Å². The fraction of sp³-hybridized carbons (Fsp3) is 0.0800. The molecule has 0 heterocycles. The van der Waals surface area contributed by atoms with Gasteiger partial charge in [0.15, 0.2) is 5.78 Å². The molecular formula is C25H22O4S. The van der Waals surface area contributed by atoms with Crippen LogP contribution in [0.3, 0.4) is 0 Å². The monoisotopic (exact) mass is 418 g/mol. The van der Waals surface area contributed by atoms with Gasteiger partial charge in [-0.05, 0) is 42.8 Å². The van der Waals surface area contributed by atoms with Crippen molar-refractivity contribution >= 4 is 27.8 Å². The molecule has 152 valence electrons. The lowest BCUT2D eigenvalue weighted by Gasteiger charge is -2.10. The van der Waals surface area contributed by atoms with Gasteiger partial charge in [0.25, 0.3) is 0 Å². The Morgan fingerprint density at radius 1 is 0.867 bits per heavy atom. The zero-order chi connectivity index (χ0) is 21.4. The lowest BCUT2D eigenvalue weighted by atomic mass is 10.1. The number of ether oxygens (including phenoxy) is 1. The lowest BCUT2D eigenvalue weighted by molar-refractivity contribution is -0.112. The second kappa shape index (κ2) is 9.85. The second-order valence-corrected chi connectivity index (χ2v) is 8.46. The fourth-order valence-electron chi connectivity index (χ4n) is 2.85.